The van der Waals surface area contributed by atoms with E-state index in [9.17, 15) is 0 Å². The van der Waals surface area contributed by atoms with Gasteiger partial charge in [-0.05, 0) is 34.7 Å². The number of hydrogen-bond donors (Lipinski definition) is 2. The molecule has 0 radical (unpaired) electrons. The standard InChI is InChI=1S/C8H8ClIO3/c1-13-6-3-4(8(11)12)2-5(10)7(6)9/h2-3,8,11-12H,1H3. The number of aliphatic hydroxyl groups excluding tert-OH is 1. The second kappa shape index (κ2) is 4.45. The fourth-order valence-electron chi connectivity index (χ4n) is 0.881. The molecule has 72 valence electrons. The van der Waals surface area contributed by atoms with Gasteiger partial charge in [-0.3, -0.25) is 0 Å². The Kier molecular flexibility index (Phi) is 3.78. The summed E-state index contributed by atoms with van der Waals surface area (Å²) in [4.78, 5) is 0. The summed E-state index contributed by atoms with van der Waals surface area (Å²) in [5.41, 5.74) is 0.366. The Morgan fingerprint density at radius 2 is 2.08 bits per heavy atom. The highest BCUT2D eigenvalue weighted by Gasteiger charge is 2.11. The summed E-state index contributed by atoms with van der Waals surface area (Å²) in [7, 11) is 1.48. The molecule has 0 fully saturated rings. The summed E-state index contributed by atoms with van der Waals surface area (Å²) in [6.07, 6.45) is -1.50. The number of aliphatic hydroxyl groups is 2. The molecule has 0 aliphatic rings. The van der Waals surface area contributed by atoms with Gasteiger partial charge in [0.15, 0.2) is 6.29 Å². The summed E-state index contributed by atoms with van der Waals surface area (Å²) in [5.74, 6) is 0.441. The van der Waals surface area contributed by atoms with Gasteiger partial charge in [-0.15, -0.1) is 0 Å². The topological polar surface area (TPSA) is 49.7 Å². The molecule has 3 nitrogen and oxygen atoms in total. The van der Waals surface area contributed by atoms with Gasteiger partial charge in [0.05, 0.1) is 12.1 Å². The molecule has 0 atom stereocenters. The van der Waals surface area contributed by atoms with Gasteiger partial charge in [0, 0.05) is 9.13 Å². The average Bonchev–Trinajstić information content (AvgIpc) is 2.09. The first kappa shape index (κ1) is 11.0. The Hall–Kier alpha value is -0.0400. The van der Waals surface area contributed by atoms with E-state index in [0.29, 0.717) is 16.3 Å². The molecule has 5 heteroatoms. The molecular weight excluding hydrogens is 306 g/mol. The van der Waals surface area contributed by atoms with Crippen LogP contribution in [-0.2, 0) is 0 Å². The molecular formula is C8H8ClIO3. The van der Waals surface area contributed by atoms with Crippen molar-refractivity contribution in [1.29, 1.82) is 0 Å². The van der Waals surface area contributed by atoms with E-state index in [0.717, 1.165) is 3.57 Å². The van der Waals surface area contributed by atoms with Crippen molar-refractivity contribution in [1.82, 2.24) is 0 Å². The van der Waals surface area contributed by atoms with Crippen molar-refractivity contribution in [2.75, 3.05) is 7.11 Å². The van der Waals surface area contributed by atoms with Gasteiger partial charge < -0.3 is 14.9 Å². The lowest BCUT2D eigenvalue weighted by Crippen LogP contribution is -1.97. The normalized spacial score (nSPS) is 10.6. The van der Waals surface area contributed by atoms with Crippen LogP contribution in [-0.4, -0.2) is 17.3 Å². The molecule has 1 aromatic carbocycles. The molecule has 0 amide bonds. The highest BCUT2D eigenvalue weighted by Crippen LogP contribution is 2.32. The average molecular weight is 315 g/mol. The zero-order valence-corrected chi connectivity index (χ0v) is 9.70. The van der Waals surface area contributed by atoms with Crippen LogP contribution in [0.3, 0.4) is 0 Å². The quantitative estimate of drug-likeness (QED) is 0.648. The van der Waals surface area contributed by atoms with Gasteiger partial charge in [-0.2, -0.15) is 0 Å². The van der Waals surface area contributed by atoms with Crippen LogP contribution < -0.4 is 4.74 Å². The van der Waals surface area contributed by atoms with Crippen molar-refractivity contribution < 1.29 is 14.9 Å². The molecule has 0 bridgehead atoms. The van der Waals surface area contributed by atoms with E-state index in [1.807, 2.05) is 22.6 Å². The molecule has 0 heterocycles. The summed E-state index contributed by atoms with van der Waals surface area (Å²) in [6.45, 7) is 0. The molecule has 0 spiro atoms. The molecule has 0 aliphatic carbocycles. The van der Waals surface area contributed by atoms with Crippen molar-refractivity contribution in [3.8, 4) is 5.75 Å². The Morgan fingerprint density at radius 1 is 1.46 bits per heavy atom. The number of benzene rings is 1. The summed E-state index contributed by atoms with van der Waals surface area (Å²) in [5, 5.41) is 18.3. The molecule has 0 unspecified atom stereocenters. The van der Waals surface area contributed by atoms with Crippen LogP contribution in [0.5, 0.6) is 5.75 Å². The fourth-order valence-corrected chi connectivity index (χ4v) is 1.69. The molecule has 0 aromatic heterocycles. The van der Waals surface area contributed by atoms with Crippen LogP contribution in [0.2, 0.25) is 5.02 Å². The largest absolute Gasteiger partial charge is 0.495 e. The number of hydrogen-bond acceptors (Lipinski definition) is 3. The Labute approximate surface area is 94.4 Å². The maximum absolute atomic E-state index is 8.91. The van der Waals surface area contributed by atoms with Gasteiger partial charge in [-0.25, -0.2) is 0 Å². The first-order chi connectivity index (χ1) is 6.06. The summed E-state index contributed by atoms with van der Waals surface area (Å²) < 4.78 is 5.68. The first-order valence-electron chi connectivity index (χ1n) is 3.45. The van der Waals surface area contributed by atoms with Crippen molar-refractivity contribution in [3.63, 3.8) is 0 Å². The lowest BCUT2D eigenvalue weighted by Gasteiger charge is -2.09. The van der Waals surface area contributed by atoms with Crippen molar-refractivity contribution in [3.05, 3.63) is 26.3 Å². The molecule has 0 saturated carbocycles. The van der Waals surface area contributed by atoms with Crippen molar-refractivity contribution >= 4 is 34.2 Å². The van der Waals surface area contributed by atoms with Crippen molar-refractivity contribution in [2.45, 2.75) is 6.29 Å². The summed E-state index contributed by atoms with van der Waals surface area (Å²) >= 11 is 7.87. The zero-order chi connectivity index (χ0) is 10.0. The van der Waals surface area contributed by atoms with E-state index in [1.165, 1.54) is 13.2 Å². The van der Waals surface area contributed by atoms with Crippen LogP contribution >= 0.6 is 34.2 Å². The van der Waals surface area contributed by atoms with E-state index < -0.39 is 6.29 Å². The third-order valence-electron chi connectivity index (χ3n) is 1.54. The predicted molar refractivity (Wildman–Crippen MR) is 57.9 cm³/mol. The fraction of sp³-hybridized carbons (Fsp3) is 0.250. The van der Waals surface area contributed by atoms with E-state index in [-0.39, 0.29) is 0 Å². The monoisotopic (exact) mass is 314 g/mol. The van der Waals surface area contributed by atoms with Crippen LogP contribution in [0.4, 0.5) is 0 Å². The predicted octanol–water partition coefficient (Wildman–Crippen LogP) is 1.94. The Bertz CT molecular complexity index is 315. The van der Waals surface area contributed by atoms with E-state index in [2.05, 4.69) is 0 Å². The van der Waals surface area contributed by atoms with Crippen LogP contribution in [0.1, 0.15) is 11.9 Å². The van der Waals surface area contributed by atoms with Gasteiger partial charge in [0.2, 0.25) is 0 Å². The molecule has 1 aromatic rings. The van der Waals surface area contributed by atoms with Gasteiger partial charge >= 0.3 is 0 Å². The van der Waals surface area contributed by atoms with Crippen LogP contribution in [0.25, 0.3) is 0 Å². The zero-order valence-electron chi connectivity index (χ0n) is 6.79. The Morgan fingerprint density at radius 3 is 2.54 bits per heavy atom. The lowest BCUT2D eigenvalue weighted by atomic mass is 10.2. The van der Waals surface area contributed by atoms with E-state index in [1.54, 1.807) is 6.07 Å². The molecule has 0 aliphatic heterocycles. The van der Waals surface area contributed by atoms with Gasteiger partial charge in [-0.1, -0.05) is 11.6 Å². The van der Waals surface area contributed by atoms with Gasteiger partial charge in [0.25, 0.3) is 0 Å². The molecule has 13 heavy (non-hydrogen) atoms. The molecule has 0 saturated heterocycles. The maximum Gasteiger partial charge on any atom is 0.178 e. The highest BCUT2D eigenvalue weighted by atomic mass is 127. The number of methoxy groups -OCH3 is 1. The molecule has 1 rings (SSSR count). The lowest BCUT2D eigenvalue weighted by molar-refractivity contribution is -0.0426. The third kappa shape index (κ3) is 2.46. The van der Waals surface area contributed by atoms with Gasteiger partial charge in [0.1, 0.15) is 5.75 Å². The van der Waals surface area contributed by atoms with E-state index in [4.69, 9.17) is 26.6 Å². The minimum Gasteiger partial charge on any atom is -0.495 e. The van der Waals surface area contributed by atoms with Crippen LogP contribution in [0.15, 0.2) is 12.1 Å². The third-order valence-corrected chi connectivity index (χ3v) is 3.09. The maximum atomic E-state index is 8.91. The SMILES string of the molecule is COc1cc(C(O)O)cc(I)c1Cl. The second-order valence-corrected chi connectivity index (χ2v) is 3.93. The minimum absolute atomic E-state index is 0.366. The van der Waals surface area contributed by atoms with Crippen LogP contribution in [0, 0.1) is 3.57 Å². The van der Waals surface area contributed by atoms with E-state index >= 15 is 0 Å². The first-order valence-corrected chi connectivity index (χ1v) is 4.91. The van der Waals surface area contributed by atoms with Crippen molar-refractivity contribution in [2.24, 2.45) is 0 Å². The highest BCUT2D eigenvalue weighted by molar-refractivity contribution is 14.1. The smallest absolute Gasteiger partial charge is 0.178 e. The number of rotatable bonds is 2. The second-order valence-electron chi connectivity index (χ2n) is 2.39. The Balaban J connectivity index is 3.22. The summed E-state index contributed by atoms with van der Waals surface area (Å²) in [6, 6.07) is 3.09. The number of ether oxygens (including phenoxy) is 1. The minimum atomic E-state index is -1.50. The molecule has 2 N–H and O–H groups in total. The number of halogens is 2.